The molecule has 2 unspecified atom stereocenters. The Hall–Kier alpha value is -3.15. The number of nitrogens with zero attached hydrogens (tertiary/aromatic N) is 1. The third-order valence-electron chi connectivity index (χ3n) is 5.29. The topological polar surface area (TPSA) is 86.7 Å². The highest BCUT2D eigenvalue weighted by molar-refractivity contribution is 5.93. The third-order valence-corrected chi connectivity index (χ3v) is 5.29. The summed E-state index contributed by atoms with van der Waals surface area (Å²) in [5.41, 5.74) is 2.11. The van der Waals surface area contributed by atoms with Crippen molar-refractivity contribution in [1.82, 2.24) is 0 Å². The Morgan fingerprint density at radius 2 is 1.72 bits per heavy atom. The van der Waals surface area contributed by atoms with E-state index in [0.717, 1.165) is 16.9 Å². The van der Waals surface area contributed by atoms with E-state index in [1.54, 1.807) is 11.8 Å². The minimum atomic E-state index is -0.977. The minimum Gasteiger partial charge on any atom is -0.481 e. The van der Waals surface area contributed by atoms with Gasteiger partial charge in [0.25, 0.3) is 0 Å². The molecule has 1 aliphatic heterocycles. The molecule has 2 N–H and O–H groups in total. The van der Waals surface area contributed by atoms with Gasteiger partial charge in [-0.25, -0.2) is 0 Å². The Kier molecular flexibility index (Phi) is 6.01. The van der Waals surface area contributed by atoms with Crippen LogP contribution in [0.2, 0.25) is 0 Å². The Bertz CT molecular complexity index is 912. The quantitative estimate of drug-likeness (QED) is 0.736. The van der Waals surface area contributed by atoms with Gasteiger partial charge in [-0.2, -0.15) is 0 Å². The number of aliphatic carboxylic acids is 1. The average Bonchev–Trinajstić information content (AvgIpc) is 2.66. The molecule has 2 atom stereocenters. The van der Waals surface area contributed by atoms with Crippen LogP contribution < -0.4 is 10.2 Å². The number of anilines is 2. The zero-order valence-corrected chi connectivity index (χ0v) is 16.7. The summed E-state index contributed by atoms with van der Waals surface area (Å²) in [4.78, 5) is 37.6. The number of ketones is 1. The van der Waals surface area contributed by atoms with Gasteiger partial charge in [-0.1, -0.05) is 36.4 Å². The zero-order chi connectivity index (χ0) is 21.0. The fourth-order valence-electron chi connectivity index (χ4n) is 4.10. The van der Waals surface area contributed by atoms with Crippen molar-refractivity contribution in [2.45, 2.75) is 51.1 Å². The van der Waals surface area contributed by atoms with Gasteiger partial charge in [-0.05, 0) is 37.1 Å². The highest BCUT2D eigenvalue weighted by Gasteiger charge is 2.40. The molecule has 29 heavy (non-hydrogen) atoms. The zero-order valence-electron chi connectivity index (χ0n) is 16.7. The van der Waals surface area contributed by atoms with Gasteiger partial charge in [-0.3, -0.25) is 14.4 Å². The van der Waals surface area contributed by atoms with Crippen molar-refractivity contribution in [2.24, 2.45) is 0 Å². The molecule has 0 bridgehead atoms. The van der Waals surface area contributed by atoms with Crippen LogP contribution >= 0.6 is 0 Å². The van der Waals surface area contributed by atoms with Gasteiger partial charge in [0, 0.05) is 36.7 Å². The molecule has 2 aromatic carbocycles. The molecule has 152 valence electrons. The molecule has 0 saturated carbocycles. The van der Waals surface area contributed by atoms with E-state index in [1.165, 1.54) is 0 Å². The minimum absolute atomic E-state index is 0.00796. The molecule has 6 heteroatoms. The molecule has 0 fully saturated rings. The summed E-state index contributed by atoms with van der Waals surface area (Å²) in [6, 6.07) is 17.1. The molecule has 0 radical (unpaired) electrons. The maximum absolute atomic E-state index is 12.6. The monoisotopic (exact) mass is 394 g/mol. The Labute approximate surface area is 170 Å². The number of hydrogen-bond acceptors (Lipinski definition) is 4. The molecule has 0 aliphatic carbocycles. The van der Waals surface area contributed by atoms with Gasteiger partial charge >= 0.3 is 5.97 Å². The fraction of sp³-hybridized carbons (Fsp3) is 0.348. The molecule has 3 rings (SSSR count). The van der Waals surface area contributed by atoms with E-state index < -0.39 is 11.5 Å². The second kappa shape index (κ2) is 8.47. The van der Waals surface area contributed by atoms with E-state index in [4.69, 9.17) is 5.11 Å². The highest BCUT2D eigenvalue weighted by atomic mass is 16.4. The van der Waals surface area contributed by atoms with Crippen LogP contribution in [0.25, 0.3) is 0 Å². The van der Waals surface area contributed by atoms with Crippen molar-refractivity contribution in [2.75, 3.05) is 10.2 Å². The predicted molar refractivity (Wildman–Crippen MR) is 112 cm³/mol. The Morgan fingerprint density at radius 3 is 2.38 bits per heavy atom. The molecule has 6 nitrogen and oxygen atoms in total. The predicted octanol–water partition coefficient (Wildman–Crippen LogP) is 4.18. The molecular weight excluding hydrogens is 368 g/mol. The van der Waals surface area contributed by atoms with E-state index in [0.29, 0.717) is 6.42 Å². The number of carboxylic acid groups (broad SMARTS) is 1. The van der Waals surface area contributed by atoms with Crippen LogP contribution in [0.1, 0.15) is 51.1 Å². The average molecular weight is 394 g/mol. The summed E-state index contributed by atoms with van der Waals surface area (Å²) in [5, 5.41) is 12.3. The molecule has 0 aromatic heterocycles. The number of rotatable bonds is 7. The summed E-state index contributed by atoms with van der Waals surface area (Å²) in [5.74, 6) is -1.15. The first kappa shape index (κ1) is 20.6. The number of carboxylic acids is 1. The number of carbonyl (C=O) groups excluding carboxylic acids is 2. The SMILES string of the molecule is CC(=O)N(c1ccccc1)C1CC(C)(CC(=O)CCC(=O)O)Nc2ccccc21. The van der Waals surface area contributed by atoms with Gasteiger partial charge in [0.2, 0.25) is 5.91 Å². The number of hydrogen-bond donors (Lipinski definition) is 2. The first-order valence-corrected chi connectivity index (χ1v) is 9.74. The van der Waals surface area contributed by atoms with Crippen LogP contribution in [0.4, 0.5) is 11.4 Å². The van der Waals surface area contributed by atoms with E-state index in [9.17, 15) is 14.4 Å². The molecule has 1 aliphatic rings. The Morgan fingerprint density at radius 1 is 1.07 bits per heavy atom. The van der Waals surface area contributed by atoms with E-state index in [-0.39, 0.29) is 37.0 Å². The van der Waals surface area contributed by atoms with Crippen LogP contribution in [0.5, 0.6) is 0 Å². The van der Waals surface area contributed by atoms with Crippen molar-refractivity contribution in [3.05, 3.63) is 60.2 Å². The number of fused-ring (bicyclic) bond motifs is 1. The summed E-state index contributed by atoms with van der Waals surface area (Å²) in [7, 11) is 0. The number of amides is 1. The van der Waals surface area contributed by atoms with Gasteiger partial charge < -0.3 is 15.3 Å². The van der Waals surface area contributed by atoms with Crippen molar-refractivity contribution >= 4 is 29.0 Å². The lowest BCUT2D eigenvalue weighted by molar-refractivity contribution is -0.138. The van der Waals surface area contributed by atoms with E-state index in [1.807, 2.05) is 61.5 Å². The number of para-hydroxylation sites is 2. The summed E-state index contributed by atoms with van der Waals surface area (Å²) < 4.78 is 0. The van der Waals surface area contributed by atoms with Crippen molar-refractivity contribution in [3.63, 3.8) is 0 Å². The van der Waals surface area contributed by atoms with Crippen molar-refractivity contribution in [3.8, 4) is 0 Å². The van der Waals surface area contributed by atoms with Crippen LogP contribution in [0.3, 0.4) is 0 Å². The van der Waals surface area contributed by atoms with Gasteiger partial charge in [0.1, 0.15) is 5.78 Å². The summed E-state index contributed by atoms with van der Waals surface area (Å²) in [6.45, 7) is 3.50. The van der Waals surface area contributed by atoms with Crippen molar-refractivity contribution in [1.29, 1.82) is 0 Å². The van der Waals surface area contributed by atoms with E-state index >= 15 is 0 Å². The number of benzene rings is 2. The Balaban J connectivity index is 1.94. The first-order valence-electron chi connectivity index (χ1n) is 9.74. The molecule has 1 amide bonds. The molecule has 2 aromatic rings. The smallest absolute Gasteiger partial charge is 0.303 e. The molecule has 1 heterocycles. The second-order valence-corrected chi connectivity index (χ2v) is 7.83. The molecule has 0 spiro atoms. The lowest BCUT2D eigenvalue weighted by atomic mass is 9.79. The summed E-state index contributed by atoms with van der Waals surface area (Å²) in [6.07, 6.45) is 0.579. The van der Waals surface area contributed by atoms with E-state index in [2.05, 4.69) is 5.32 Å². The largest absolute Gasteiger partial charge is 0.481 e. The standard InChI is InChI=1S/C23H26N2O4/c1-16(26)25(17-8-4-3-5-9-17)21-15-23(2,14-18(27)12-13-22(28)29)24-20-11-7-6-10-19(20)21/h3-11,21,24H,12-15H2,1-2H3,(H,28,29). The van der Waals surface area contributed by atoms with Gasteiger partial charge in [-0.15, -0.1) is 0 Å². The first-order chi connectivity index (χ1) is 13.8. The fourth-order valence-corrected chi connectivity index (χ4v) is 4.10. The maximum Gasteiger partial charge on any atom is 0.303 e. The van der Waals surface area contributed by atoms with Crippen LogP contribution in [-0.2, 0) is 14.4 Å². The van der Waals surface area contributed by atoms with Crippen LogP contribution in [0, 0.1) is 0 Å². The maximum atomic E-state index is 12.6. The lowest BCUT2D eigenvalue weighted by Gasteiger charge is -2.44. The molecule has 0 saturated heterocycles. The number of nitrogens with one attached hydrogen (secondary N) is 1. The second-order valence-electron chi connectivity index (χ2n) is 7.83. The highest BCUT2D eigenvalue weighted by Crippen LogP contribution is 2.44. The van der Waals surface area contributed by atoms with Gasteiger partial charge in [0.05, 0.1) is 12.5 Å². The normalized spacial score (nSPS) is 20.3. The van der Waals surface area contributed by atoms with Gasteiger partial charge in [0.15, 0.2) is 0 Å². The third kappa shape index (κ3) is 4.83. The molecular formula is C23H26N2O4. The van der Waals surface area contributed by atoms with Crippen molar-refractivity contribution < 1.29 is 19.5 Å². The number of carbonyl (C=O) groups is 3. The van der Waals surface area contributed by atoms with Crippen LogP contribution in [0.15, 0.2) is 54.6 Å². The lowest BCUT2D eigenvalue weighted by Crippen LogP contribution is -2.47. The van der Waals surface area contributed by atoms with Crippen LogP contribution in [-0.4, -0.2) is 28.3 Å². The number of Topliss-reactive ketones (excluding diaryl/α,β-unsaturated/α-hetero) is 1. The summed E-state index contributed by atoms with van der Waals surface area (Å²) >= 11 is 0.